The van der Waals surface area contributed by atoms with Gasteiger partial charge in [0.15, 0.2) is 0 Å². The molecule has 2 aromatic rings. The average Bonchev–Trinajstić information content (AvgIpc) is 2.39. The van der Waals surface area contributed by atoms with E-state index < -0.39 is 0 Å². The Balaban J connectivity index is 1.96. The number of benzene rings is 2. The Hall–Kier alpha value is -1.67. The maximum absolute atomic E-state index is 13.0. The largest absolute Gasteiger partial charge is 0.321 e. The third-order valence-corrected chi connectivity index (χ3v) is 3.88. The van der Waals surface area contributed by atoms with Crippen molar-refractivity contribution in [3.05, 3.63) is 71.0 Å². The third-order valence-electron chi connectivity index (χ3n) is 3.88. The van der Waals surface area contributed by atoms with E-state index in [4.69, 9.17) is 5.73 Å². The van der Waals surface area contributed by atoms with E-state index in [2.05, 4.69) is 24.3 Å². The third kappa shape index (κ3) is 1.93. The van der Waals surface area contributed by atoms with Crippen LogP contribution in [0, 0.1) is 5.82 Å². The Bertz CT molecular complexity index is 562. The van der Waals surface area contributed by atoms with E-state index in [9.17, 15) is 4.39 Å². The molecule has 0 bridgehead atoms. The average molecular weight is 241 g/mol. The lowest BCUT2D eigenvalue weighted by molar-refractivity contribution is 0.384. The number of hydrogen-bond acceptors (Lipinski definition) is 1. The van der Waals surface area contributed by atoms with Crippen LogP contribution in [-0.4, -0.2) is 0 Å². The zero-order valence-electron chi connectivity index (χ0n) is 10.2. The molecule has 0 aliphatic heterocycles. The van der Waals surface area contributed by atoms with Gasteiger partial charge < -0.3 is 5.73 Å². The Morgan fingerprint density at radius 3 is 2.33 bits per heavy atom. The number of halogens is 1. The zero-order valence-corrected chi connectivity index (χ0v) is 10.2. The molecule has 0 saturated heterocycles. The molecule has 3 rings (SSSR count). The van der Waals surface area contributed by atoms with Gasteiger partial charge in [0, 0.05) is 5.54 Å². The molecule has 1 aliphatic carbocycles. The predicted molar refractivity (Wildman–Crippen MR) is 70.7 cm³/mol. The summed E-state index contributed by atoms with van der Waals surface area (Å²) in [5, 5.41) is 0. The van der Waals surface area contributed by atoms with Crippen molar-refractivity contribution in [2.45, 2.75) is 24.8 Å². The fourth-order valence-corrected chi connectivity index (χ4v) is 2.79. The number of aryl methyl sites for hydroxylation is 1. The molecule has 92 valence electrons. The summed E-state index contributed by atoms with van der Waals surface area (Å²) < 4.78 is 13.0. The van der Waals surface area contributed by atoms with Crippen molar-refractivity contribution < 1.29 is 4.39 Å². The molecule has 0 fully saturated rings. The number of fused-ring (bicyclic) bond motifs is 1. The Morgan fingerprint density at radius 2 is 1.61 bits per heavy atom. The fourth-order valence-electron chi connectivity index (χ4n) is 2.79. The molecule has 0 heterocycles. The van der Waals surface area contributed by atoms with Crippen LogP contribution >= 0.6 is 0 Å². The van der Waals surface area contributed by atoms with E-state index in [0.29, 0.717) is 0 Å². The summed E-state index contributed by atoms with van der Waals surface area (Å²) >= 11 is 0. The highest BCUT2D eigenvalue weighted by Gasteiger charge is 2.31. The molecule has 2 aromatic carbocycles. The smallest absolute Gasteiger partial charge is 0.123 e. The molecule has 18 heavy (non-hydrogen) atoms. The van der Waals surface area contributed by atoms with Gasteiger partial charge in [-0.2, -0.15) is 0 Å². The summed E-state index contributed by atoms with van der Waals surface area (Å²) in [5.74, 6) is -0.210. The lowest BCUT2D eigenvalue weighted by atomic mass is 9.74. The first-order valence-electron chi connectivity index (χ1n) is 6.29. The van der Waals surface area contributed by atoms with Crippen molar-refractivity contribution in [3.8, 4) is 0 Å². The summed E-state index contributed by atoms with van der Waals surface area (Å²) in [6.07, 6.45) is 2.73. The number of nitrogens with two attached hydrogens (primary N) is 1. The van der Waals surface area contributed by atoms with Crippen LogP contribution in [0.25, 0.3) is 0 Å². The van der Waals surface area contributed by atoms with Crippen molar-refractivity contribution in [1.29, 1.82) is 0 Å². The first-order valence-corrected chi connectivity index (χ1v) is 6.29. The summed E-state index contributed by atoms with van der Waals surface area (Å²) in [7, 11) is 0. The van der Waals surface area contributed by atoms with Crippen molar-refractivity contribution >= 4 is 0 Å². The highest BCUT2D eigenvalue weighted by molar-refractivity contribution is 5.36. The Morgan fingerprint density at radius 1 is 0.944 bits per heavy atom. The maximum Gasteiger partial charge on any atom is 0.123 e. The zero-order chi connectivity index (χ0) is 12.6. The minimum absolute atomic E-state index is 0.210. The van der Waals surface area contributed by atoms with Gasteiger partial charge in [-0.3, -0.25) is 0 Å². The van der Waals surface area contributed by atoms with Crippen LogP contribution in [0.2, 0.25) is 0 Å². The van der Waals surface area contributed by atoms with E-state index in [-0.39, 0.29) is 11.4 Å². The second kappa shape index (κ2) is 4.21. The van der Waals surface area contributed by atoms with Gasteiger partial charge in [0.25, 0.3) is 0 Å². The van der Waals surface area contributed by atoms with Gasteiger partial charge in [0.2, 0.25) is 0 Å². The van der Waals surface area contributed by atoms with Gasteiger partial charge in [0.05, 0.1) is 0 Å². The van der Waals surface area contributed by atoms with Gasteiger partial charge in [-0.15, -0.1) is 0 Å². The minimum atomic E-state index is -0.359. The quantitative estimate of drug-likeness (QED) is 0.815. The summed E-state index contributed by atoms with van der Waals surface area (Å²) in [6.45, 7) is 0. The fraction of sp³-hybridized carbons (Fsp3) is 0.250. The summed E-state index contributed by atoms with van der Waals surface area (Å²) in [4.78, 5) is 0. The lowest BCUT2D eigenvalue weighted by Crippen LogP contribution is -2.42. The van der Waals surface area contributed by atoms with Crippen LogP contribution in [0.5, 0.6) is 0 Å². The van der Waals surface area contributed by atoms with Crippen molar-refractivity contribution in [2.75, 3.05) is 0 Å². The monoisotopic (exact) mass is 241 g/mol. The Kier molecular flexibility index (Phi) is 2.67. The van der Waals surface area contributed by atoms with Crippen molar-refractivity contribution in [2.24, 2.45) is 5.73 Å². The van der Waals surface area contributed by atoms with E-state index >= 15 is 0 Å². The van der Waals surface area contributed by atoms with Gasteiger partial charge in [-0.25, -0.2) is 4.39 Å². The standard InChI is InChI=1S/C16H16FN/c17-15-7-5-14(6-8-15)16(18)10-9-12-3-1-2-4-13(12)11-16/h1-8H,9-11,18H2. The highest BCUT2D eigenvalue weighted by atomic mass is 19.1. The molecule has 0 spiro atoms. The maximum atomic E-state index is 13.0. The van der Waals surface area contributed by atoms with Crippen LogP contribution < -0.4 is 5.73 Å². The van der Waals surface area contributed by atoms with Crippen LogP contribution in [0.15, 0.2) is 48.5 Å². The number of hydrogen-bond donors (Lipinski definition) is 1. The highest BCUT2D eigenvalue weighted by Crippen LogP contribution is 2.34. The van der Waals surface area contributed by atoms with Gasteiger partial charge >= 0.3 is 0 Å². The molecular formula is C16H16FN. The van der Waals surface area contributed by atoms with Crippen molar-refractivity contribution in [3.63, 3.8) is 0 Å². The van der Waals surface area contributed by atoms with E-state index in [1.165, 1.54) is 23.3 Å². The second-order valence-corrected chi connectivity index (χ2v) is 5.11. The second-order valence-electron chi connectivity index (χ2n) is 5.11. The van der Waals surface area contributed by atoms with Crippen LogP contribution in [0.3, 0.4) is 0 Å². The van der Waals surface area contributed by atoms with Crippen LogP contribution in [0.1, 0.15) is 23.1 Å². The van der Waals surface area contributed by atoms with Gasteiger partial charge in [-0.1, -0.05) is 36.4 Å². The summed E-state index contributed by atoms with van der Waals surface area (Å²) in [6, 6.07) is 15.0. The Labute approximate surface area is 106 Å². The topological polar surface area (TPSA) is 26.0 Å². The molecule has 1 aliphatic rings. The van der Waals surface area contributed by atoms with E-state index in [0.717, 1.165) is 24.8 Å². The molecule has 0 radical (unpaired) electrons. The normalized spacial score (nSPS) is 22.6. The minimum Gasteiger partial charge on any atom is -0.321 e. The van der Waals surface area contributed by atoms with Crippen LogP contribution in [-0.2, 0) is 18.4 Å². The van der Waals surface area contributed by atoms with Crippen molar-refractivity contribution in [1.82, 2.24) is 0 Å². The first-order chi connectivity index (χ1) is 8.67. The molecule has 0 saturated carbocycles. The SMILES string of the molecule is NC1(c2ccc(F)cc2)CCc2ccccc2C1. The molecule has 1 atom stereocenters. The molecule has 1 unspecified atom stereocenters. The molecular weight excluding hydrogens is 225 g/mol. The molecule has 1 nitrogen and oxygen atoms in total. The molecule has 2 heteroatoms. The van der Waals surface area contributed by atoms with E-state index in [1.807, 2.05) is 12.1 Å². The van der Waals surface area contributed by atoms with E-state index in [1.54, 1.807) is 0 Å². The number of rotatable bonds is 1. The molecule has 0 amide bonds. The van der Waals surface area contributed by atoms with Crippen LogP contribution in [0.4, 0.5) is 4.39 Å². The molecule has 2 N–H and O–H groups in total. The first kappa shape index (κ1) is 11.4. The molecule has 0 aromatic heterocycles. The van der Waals surface area contributed by atoms with Gasteiger partial charge in [0.1, 0.15) is 5.82 Å². The van der Waals surface area contributed by atoms with Gasteiger partial charge in [-0.05, 0) is 48.1 Å². The summed E-state index contributed by atoms with van der Waals surface area (Å²) in [5.41, 5.74) is 9.89. The lowest BCUT2D eigenvalue weighted by Gasteiger charge is -2.35. The predicted octanol–water partition coefficient (Wildman–Crippen LogP) is 3.17.